The molecule has 128 valence electrons. The number of ether oxygens (including phenoxy) is 1. The molecule has 2 N–H and O–H groups in total. The lowest BCUT2D eigenvalue weighted by Crippen LogP contribution is -2.34. The molecule has 1 heterocycles. The minimum atomic E-state index is 0.0915. The summed E-state index contributed by atoms with van der Waals surface area (Å²) >= 11 is 0. The van der Waals surface area contributed by atoms with Crippen LogP contribution >= 0.6 is 0 Å². The zero-order valence-electron chi connectivity index (χ0n) is 14.4. The highest BCUT2D eigenvalue weighted by Crippen LogP contribution is 2.23. The van der Waals surface area contributed by atoms with Gasteiger partial charge in [0, 0.05) is 18.2 Å². The third-order valence-electron chi connectivity index (χ3n) is 4.53. The molecule has 1 fully saturated rings. The molecular formula is C19H30N2O2. The minimum Gasteiger partial charge on any atom is -0.494 e. The van der Waals surface area contributed by atoms with E-state index >= 15 is 0 Å². The molecule has 0 radical (unpaired) electrons. The summed E-state index contributed by atoms with van der Waals surface area (Å²) in [7, 11) is 0. The molecule has 0 aromatic heterocycles. The summed E-state index contributed by atoms with van der Waals surface area (Å²) < 4.78 is 5.69. The first kappa shape index (κ1) is 17.8. The Morgan fingerprint density at radius 3 is 3.09 bits per heavy atom. The molecular weight excluding hydrogens is 288 g/mol. The largest absolute Gasteiger partial charge is 0.494 e. The van der Waals surface area contributed by atoms with Crippen LogP contribution in [0.15, 0.2) is 24.3 Å². The molecule has 1 saturated heterocycles. The Labute approximate surface area is 140 Å². The van der Waals surface area contributed by atoms with Crippen LogP contribution in [0.1, 0.15) is 46.0 Å². The first-order chi connectivity index (χ1) is 11.2. The summed E-state index contributed by atoms with van der Waals surface area (Å²) in [4.78, 5) is 12.3. The lowest BCUT2D eigenvalue weighted by atomic mass is 9.85. The van der Waals surface area contributed by atoms with Crippen LogP contribution in [0.4, 0.5) is 5.69 Å². The van der Waals surface area contributed by atoms with E-state index in [9.17, 15) is 4.79 Å². The van der Waals surface area contributed by atoms with Gasteiger partial charge in [-0.15, -0.1) is 0 Å². The standard InChI is InChI=1S/C19H30N2O2/c1-3-4-11-23-18-9-5-8-17(13-18)21-19(22)12-15(2)16-7-6-10-20-14-16/h5,8-9,13,15-16,20H,3-4,6-7,10-12,14H2,1-2H3,(H,21,22). The van der Waals surface area contributed by atoms with Crippen molar-refractivity contribution in [1.82, 2.24) is 5.32 Å². The Morgan fingerprint density at radius 1 is 1.48 bits per heavy atom. The van der Waals surface area contributed by atoms with Gasteiger partial charge in [0.2, 0.25) is 5.91 Å². The number of anilines is 1. The fourth-order valence-corrected chi connectivity index (χ4v) is 3.03. The third-order valence-corrected chi connectivity index (χ3v) is 4.53. The first-order valence-corrected chi connectivity index (χ1v) is 8.92. The van der Waals surface area contributed by atoms with Crippen LogP contribution in [-0.4, -0.2) is 25.6 Å². The second-order valence-electron chi connectivity index (χ2n) is 6.57. The average molecular weight is 318 g/mol. The van der Waals surface area contributed by atoms with Gasteiger partial charge < -0.3 is 15.4 Å². The maximum Gasteiger partial charge on any atom is 0.224 e. The van der Waals surface area contributed by atoms with E-state index in [-0.39, 0.29) is 5.91 Å². The highest BCUT2D eigenvalue weighted by Gasteiger charge is 2.22. The molecule has 0 spiro atoms. The van der Waals surface area contributed by atoms with Crippen LogP contribution in [0.25, 0.3) is 0 Å². The predicted octanol–water partition coefficient (Wildman–Crippen LogP) is 3.83. The monoisotopic (exact) mass is 318 g/mol. The van der Waals surface area contributed by atoms with Crippen LogP contribution in [-0.2, 0) is 4.79 Å². The van der Waals surface area contributed by atoms with Gasteiger partial charge in [-0.2, -0.15) is 0 Å². The Hall–Kier alpha value is -1.55. The Morgan fingerprint density at radius 2 is 2.35 bits per heavy atom. The van der Waals surface area contributed by atoms with E-state index in [4.69, 9.17) is 4.74 Å². The number of nitrogens with one attached hydrogen (secondary N) is 2. The van der Waals surface area contributed by atoms with Gasteiger partial charge in [0.15, 0.2) is 0 Å². The van der Waals surface area contributed by atoms with E-state index < -0.39 is 0 Å². The van der Waals surface area contributed by atoms with Crippen molar-refractivity contribution >= 4 is 11.6 Å². The lowest BCUT2D eigenvalue weighted by molar-refractivity contribution is -0.117. The number of unbranched alkanes of at least 4 members (excludes halogenated alkanes) is 1. The zero-order valence-corrected chi connectivity index (χ0v) is 14.4. The second kappa shape index (κ2) is 9.56. The van der Waals surface area contributed by atoms with Crippen molar-refractivity contribution < 1.29 is 9.53 Å². The topological polar surface area (TPSA) is 50.4 Å². The molecule has 2 atom stereocenters. The molecule has 0 aliphatic carbocycles. The summed E-state index contributed by atoms with van der Waals surface area (Å²) in [5, 5.41) is 6.43. The van der Waals surface area contributed by atoms with Crippen LogP contribution < -0.4 is 15.4 Å². The normalized spacial score (nSPS) is 19.1. The average Bonchev–Trinajstić information content (AvgIpc) is 2.56. The number of piperidine rings is 1. The van der Waals surface area contributed by atoms with Gasteiger partial charge >= 0.3 is 0 Å². The predicted molar refractivity (Wildman–Crippen MR) is 94.8 cm³/mol. The third kappa shape index (κ3) is 6.22. The molecule has 1 aliphatic rings. The molecule has 1 aliphatic heterocycles. The second-order valence-corrected chi connectivity index (χ2v) is 6.57. The first-order valence-electron chi connectivity index (χ1n) is 8.92. The van der Waals surface area contributed by atoms with Gasteiger partial charge in [-0.05, 0) is 56.3 Å². The maximum atomic E-state index is 12.3. The Kier molecular flexibility index (Phi) is 7.40. The van der Waals surface area contributed by atoms with Crippen molar-refractivity contribution in [3.8, 4) is 5.75 Å². The Balaban J connectivity index is 1.80. The van der Waals surface area contributed by atoms with Crippen molar-refractivity contribution in [2.24, 2.45) is 11.8 Å². The summed E-state index contributed by atoms with van der Waals surface area (Å²) in [5.74, 6) is 1.93. The van der Waals surface area contributed by atoms with Gasteiger partial charge in [-0.3, -0.25) is 4.79 Å². The molecule has 4 heteroatoms. The van der Waals surface area contributed by atoms with Crippen molar-refractivity contribution in [3.05, 3.63) is 24.3 Å². The van der Waals surface area contributed by atoms with Crippen molar-refractivity contribution in [3.63, 3.8) is 0 Å². The smallest absolute Gasteiger partial charge is 0.224 e. The highest BCUT2D eigenvalue weighted by atomic mass is 16.5. The molecule has 0 saturated carbocycles. The SMILES string of the molecule is CCCCOc1cccc(NC(=O)CC(C)C2CCCNC2)c1. The number of rotatable bonds is 8. The summed E-state index contributed by atoms with van der Waals surface area (Å²) in [6, 6.07) is 7.67. The quantitative estimate of drug-likeness (QED) is 0.716. The molecule has 4 nitrogen and oxygen atoms in total. The van der Waals surface area contributed by atoms with Gasteiger partial charge in [-0.1, -0.05) is 26.3 Å². The van der Waals surface area contributed by atoms with E-state index in [1.54, 1.807) is 0 Å². The lowest BCUT2D eigenvalue weighted by Gasteiger charge is -2.28. The Bertz CT molecular complexity index is 484. The minimum absolute atomic E-state index is 0.0915. The maximum absolute atomic E-state index is 12.3. The van der Waals surface area contributed by atoms with E-state index in [0.29, 0.717) is 18.3 Å². The van der Waals surface area contributed by atoms with Gasteiger partial charge in [0.1, 0.15) is 5.75 Å². The summed E-state index contributed by atoms with van der Waals surface area (Å²) in [6.45, 7) is 7.19. The van der Waals surface area contributed by atoms with Crippen LogP contribution in [0.3, 0.4) is 0 Å². The van der Waals surface area contributed by atoms with Crippen LogP contribution in [0.2, 0.25) is 0 Å². The number of carbonyl (C=O) groups is 1. The summed E-state index contributed by atoms with van der Waals surface area (Å²) in [5.41, 5.74) is 0.818. The van der Waals surface area contributed by atoms with E-state index in [1.165, 1.54) is 12.8 Å². The number of benzene rings is 1. The molecule has 1 aromatic carbocycles. The van der Waals surface area contributed by atoms with Crippen molar-refractivity contribution in [2.75, 3.05) is 25.0 Å². The van der Waals surface area contributed by atoms with Crippen molar-refractivity contribution in [2.45, 2.75) is 46.0 Å². The number of hydrogen-bond donors (Lipinski definition) is 2. The van der Waals surface area contributed by atoms with E-state index in [2.05, 4.69) is 24.5 Å². The number of amides is 1. The fraction of sp³-hybridized carbons (Fsp3) is 0.632. The zero-order chi connectivity index (χ0) is 16.5. The molecule has 1 amide bonds. The van der Waals surface area contributed by atoms with Crippen LogP contribution in [0.5, 0.6) is 5.75 Å². The molecule has 2 rings (SSSR count). The van der Waals surface area contributed by atoms with E-state index in [0.717, 1.165) is 44.0 Å². The molecule has 23 heavy (non-hydrogen) atoms. The van der Waals surface area contributed by atoms with E-state index in [1.807, 2.05) is 24.3 Å². The molecule has 0 bridgehead atoms. The number of hydrogen-bond acceptors (Lipinski definition) is 3. The van der Waals surface area contributed by atoms with Gasteiger partial charge in [0.25, 0.3) is 0 Å². The molecule has 2 unspecified atom stereocenters. The van der Waals surface area contributed by atoms with Gasteiger partial charge in [0.05, 0.1) is 6.61 Å². The van der Waals surface area contributed by atoms with Gasteiger partial charge in [-0.25, -0.2) is 0 Å². The highest BCUT2D eigenvalue weighted by molar-refractivity contribution is 5.91. The van der Waals surface area contributed by atoms with Crippen molar-refractivity contribution in [1.29, 1.82) is 0 Å². The molecule has 1 aromatic rings. The van der Waals surface area contributed by atoms with Crippen LogP contribution in [0, 0.1) is 11.8 Å². The number of carbonyl (C=O) groups excluding carboxylic acids is 1. The fourth-order valence-electron chi connectivity index (χ4n) is 3.03. The summed E-state index contributed by atoms with van der Waals surface area (Å²) in [6.07, 6.45) is 5.18.